The molecular weight excluding hydrogens is 316 g/mol. The zero-order chi connectivity index (χ0) is 13.3. The molecule has 0 saturated heterocycles. The molecule has 1 amide bonds. The lowest BCUT2D eigenvalue weighted by Crippen LogP contribution is -2.15. The number of nitrogens with zero attached hydrogens (tertiary/aromatic N) is 1. The summed E-state index contributed by atoms with van der Waals surface area (Å²) in [6.07, 6.45) is 1.70. The average molecular weight is 328 g/mol. The van der Waals surface area contributed by atoms with Gasteiger partial charge >= 0.3 is 0 Å². The zero-order valence-corrected chi connectivity index (χ0v) is 12.3. The van der Waals surface area contributed by atoms with Crippen molar-refractivity contribution in [3.8, 4) is 0 Å². The van der Waals surface area contributed by atoms with E-state index in [2.05, 4.69) is 21.2 Å². The summed E-state index contributed by atoms with van der Waals surface area (Å²) in [7, 11) is 1.79. The van der Waals surface area contributed by atoms with E-state index in [0.717, 1.165) is 15.7 Å². The molecule has 0 aliphatic rings. The van der Waals surface area contributed by atoms with E-state index in [1.54, 1.807) is 23.9 Å². The van der Waals surface area contributed by atoms with Crippen molar-refractivity contribution >= 4 is 39.1 Å². The number of carbonyl (C=O) groups excluding carboxylic acids is 1. The highest BCUT2D eigenvalue weighted by Gasteiger charge is 2.12. The van der Waals surface area contributed by atoms with Gasteiger partial charge in [0.25, 0.3) is 5.91 Å². The van der Waals surface area contributed by atoms with Crippen molar-refractivity contribution in [2.24, 2.45) is 7.05 Å². The van der Waals surface area contributed by atoms with E-state index in [1.807, 2.05) is 25.1 Å². The number of nitrogens with one attached hydrogen (secondary N) is 1. The number of anilines is 1. The largest absolute Gasteiger partial charge is 0.345 e. The van der Waals surface area contributed by atoms with Crippen molar-refractivity contribution in [1.82, 2.24) is 4.57 Å². The van der Waals surface area contributed by atoms with Gasteiger partial charge in [0.1, 0.15) is 5.69 Å². The molecule has 0 atom stereocenters. The van der Waals surface area contributed by atoms with Crippen molar-refractivity contribution in [3.05, 3.63) is 51.2 Å². The molecule has 1 N–H and O–H groups in total. The third-order valence-corrected chi connectivity index (χ3v) is 3.34. The summed E-state index contributed by atoms with van der Waals surface area (Å²) in [6, 6.07) is 7.35. The number of hydrogen-bond donors (Lipinski definition) is 1. The second-order valence-electron chi connectivity index (χ2n) is 4.07. The Morgan fingerprint density at radius 3 is 2.67 bits per heavy atom. The van der Waals surface area contributed by atoms with Crippen LogP contribution in [0.3, 0.4) is 0 Å². The quantitative estimate of drug-likeness (QED) is 0.888. The monoisotopic (exact) mass is 326 g/mol. The lowest BCUT2D eigenvalue weighted by Gasteiger charge is -2.09. The van der Waals surface area contributed by atoms with Crippen LogP contribution in [-0.2, 0) is 7.05 Å². The molecule has 0 fully saturated rings. The predicted molar refractivity (Wildman–Crippen MR) is 77.3 cm³/mol. The fourth-order valence-electron chi connectivity index (χ4n) is 1.70. The molecule has 18 heavy (non-hydrogen) atoms. The minimum absolute atomic E-state index is 0.171. The fourth-order valence-corrected chi connectivity index (χ4v) is 2.43. The van der Waals surface area contributed by atoms with Crippen LogP contribution < -0.4 is 5.32 Å². The number of amides is 1. The van der Waals surface area contributed by atoms with Crippen LogP contribution >= 0.6 is 27.5 Å². The molecule has 0 aliphatic carbocycles. The van der Waals surface area contributed by atoms with Crippen LogP contribution in [0.4, 0.5) is 5.69 Å². The van der Waals surface area contributed by atoms with E-state index in [9.17, 15) is 4.79 Å². The summed E-state index contributed by atoms with van der Waals surface area (Å²) in [6.45, 7) is 1.94. The molecule has 94 valence electrons. The Balaban J connectivity index is 2.24. The second-order valence-corrected chi connectivity index (χ2v) is 5.42. The van der Waals surface area contributed by atoms with Gasteiger partial charge < -0.3 is 9.88 Å². The molecule has 0 spiro atoms. The molecular formula is C13H12BrClN2O. The average Bonchev–Trinajstić information content (AvgIpc) is 2.62. The van der Waals surface area contributed by atoms with Crippen LogP contribution in [0, 0.1) is 6.92 Å². The van der Waals surface area contributed by atoms with Crippen molar-refractivity contribution < 1.29 is 4.79 Å². The summed E-state index contributed by atoms with van der Waals surface area (Å²) in [5.41, 5.74) is 2.32. The van der Waals surface area contributed by atoms with Gasteiger partial charge in [0.15, 0.2) is 0 Å². The molecule has 0 radical (unpaired) electrons. The molecule has 2 rings (SSSR count). The Morgan fingerprint density at radius 1 is 1.39 bits per heavy atom. The van der Waals surface area contributed by atoms with Gasteiger partial charge in [0, 0.05) is 23.4 Å². The van der Waals surface area contributed by atoms with Crippen LogP contribution in [0.1, 0.15) is 16.1 Å². The first-order chi connectivity index (χ1) is 8.47. The Morgan fingerprint density at radius 2 is 2.11 bits per heavy atom. The van der Waals surface area contributed by atoms with Crippen molar-refractivity contribution in [3.63, 3.8) is 0 Å². The Hall–Kier alpha value is -1.26. The predicted octanol–water partition coefficient (Wildman–Crippen LogP) is 4.00. The van der Waals surface area contributed by atoms with E-state index < -0.39 is 0 Å². The molecule has 2 aromatic rings. The van der Waals surface area contributed by atoms with E-state index in [1.165, 1.54) is 0 Å². The molecule has 1 heterocycles. The minimum atomic E-state index is -0.171. The number of rotatable bonds is 2. The summed E-state index contributed by atoms with van der Waals surface area (Å²) in [5.74, 6) is -0.171. The maximum Gasteiger partial charge on any atom is 0.272 e. The Labute approximate surface area is 119 Å². The van der Waals surface area contributed by atoms with Crippen LogP contribution in [0.15, 0.2) is 34.9 Å². The zero-order valence-electron chi connectivity index (χ0n) is 10.00. The normalized spacial score (nSPS) is 10.4. The lowest BCUT2D eigenvalue weighted by atomic mass is 10.2. The van der Waals surface area contributed by atoms with Gasteiger partial charge in [-0.15, -0.1) is 0 Å². The molecule has 1 aromatic carbocycles. The number of halogens is 2. The van der Waals surface area contributed by atoms with Crippen molar-refractivity contribution in [2.75, 3.05) is 5.32 Å². The molecule has 0 aliphatic heterocycles. The minimum Gasteiger partial charge on any atom is -0.345 e. The topological polar surface area (TPSA) is 34.0 Å². The molecule has 0 saturated carbocycles. The Kier molecular flexibility index (Phi) is 3.78. The third kappa shape index (κ3) is 2.76. The summed E-state index contributed by atoms with van der Waals surface area (Å²) < 4.78 is 2.69. The van der Waals surface area contributed by atoms with Gasteiger partial charge in [0.2, 0.25) is 0 Å². The molecule has 1 aromatic heterocycles. The first-order valence-electron chi connectivity index (χ1n) is 5.37. The van der Waals surface area contributed by atoms with Crippen molar-refractivity contribution in [2.45, 2.75) is 6.92 Å². The summed E-state index contributed by atoms with van der Waals surface area (Å²) in [5, 5.41) is 3.42. The smallest absolute Gasteiger partial charge is 0.272 e. The van der Waals surface area contributed by atoms with Gasteiger partial charge in [-0.2, -0.15) is 0 Å². The molecule has 0 bridgehead atoms. The van der Waals surface area contributed by atoms with Crippen LogP contribution in [-0.4, -0.2) is 10.5 Å². The first-order valence-corrected chi connectivity index (χ1v) is 6.54. The number of aromatic nitrogens is 1. The van der Waals surface area contributed by atoms with Gasteiger partial charge in [-0.25, -0.2) is 0 Å². The highest BCUT2D eigenvalue weighted by Crippen LogP contribution is 2.21. The number of benzene rings is 1. The lowest BCUT2D eigenvalue weighted by molar-refractivity contribution is 0.101. The molecule has 0 unspecified atom stereocenters. The number of hydrogen-bond acceptors (Lipinski definition) is 1. The highest BCUT2D eigenvalue weighted by atomic mass is 79.9. The molecule has 5 heteroatoms. The van der Waals surface area contributed by atoms with Crippen LogP contribution in [0.25, 0.3) is 0 Å². The summed E-state index contributed by atoms with van der Waals surface area (Å²) in [4.78, 5) is 12.1. The molecule has 3 nitrogen and oxygen atoms in total. The number of carbonyl (C=O) groups is 1. The SMILES string of the molecule is Cc1cc(Br)ccc1NC(=O)c1cc(Cl)cn1C. The Bertz CT molecular complexity index is 607. The maximum absolute atomic E-state index is 12.1. The van der Waals surface area contributed by atoms with Gasteiger partial charge in [-0.1, -0.05) is 27.5 Å². The number of aryl methyl sites for hydroxylation is 2. The standard InChI is InChI=1S/C13H12BrClN2O/c1-8-5-9(14)3-4-11(8)16-13(18)12-6-10(15)7-17(12)2/h3-7H,1-2H3,(H,16,18). The highest BCUT2D eigenvalue weighted by molar-refractivity contribution is 9.10. The maximum atomic E-state index is 12.1. The van der Waals surface area contributed by atoms with Crippen molar-refractivity contribution in [1.29, 1.82) is 0 Å². The van der Waals surface area contributed by atoms with E-state index >= 15 is 0 Å². The first kappa shape index (κ1) is 13.2. The van der Waals surface area contributed by atoms with Gasteiger partial charge in [-0.3, -0.25) is 4.79 Å². The third-order valence-electron chi connectivity index (χ3n) is 2.64. The van der Waals surface area contributed by atoms with E-state index in [0.29, 0.717) is 10.7 Å². The second kappa shape index (κ2) is 5.16. The fraction of sp³-hybridized carbons (Fsp3) is 0.154. The van der Waals surface area contributed by atoms with Gasteiger partial charge in [-0.05, 0) is 36.8 Å². The van der Waals surface area contributed by atoms with Crippen LogP contribution in [0.2, 0.25) is 5.02 Å². The van der Waals surface area contributed by atoms with Gasteiger partial charge in [0.05, 0.1) is 5.02 Å². The summed E-state index contributed by atoms with van der Waals surface area (Å²) >= 11 is 9.25. The van der Waals surface area contributed by atoms with Crippen LogP contribution in [0.5, 0.6) is 0 Å². The van der Waals surface area contributed by atoms with E-state index in [4.69, 9.17) is 11.6 Å². The van der Waals surface area contributed by atoms with E-state index in [-0.39, 0.29) is 5.91 Å².